The largest absolute Gasteiger partial charge is 0.495 e. The van der Waals surface area contributed by atoms with Crippen LogP contribution in [0.4, 0.5) is 10.5 Å². The molecule has 0 spiro atoms. The summed E-state index contributed by atoms with van der Waals surface area (Å²) in [6, 6.07) is 3.67. The second-order valence-electron chi connectivity index (χ2n) is 12.6. The molecule has 2 saturated heterocycles. The molecule has 3 heterocycles. The van der Waals surface area contributed by atoms with Crippen molar-refractivity contribution < 1.29 is 43.2 Å². The third-order valence-electron chi connectivity index (χ3n) is 8.81. The van der Waals surface area contributed by atoms with Crippen LogP contribution in [0, 0.1) is 24.2 Å². The van der Waals surface area contributed by atoms with Crippen molar-refractivity contribution in [3.05, 3.63) is 41.3 Å². The summed E-state index contributed by atoms with van der Waals surface area (Å²) in [6.45, 7) is 9.05. The predicted octanol–water partition coefficient (Wildman–Crippen LogP) is 4.22. The van der Waals surface area contributed by atoms with Gasteiger partial charge in [0.05, 0.1) is 37.3 Å². The highest BCUT2D eigenvalue weighted by atomic mass is 35.5. The van der Waals surface area contributed by atoms with Gasteiger partial charge in [-0.3, -0.25) is 14.9 Å². The SMILES string of the molecule is COc1cc2cc(c1Cl)N(C)C(=O)C[C@H](OC(=O)C(C)C)[C@]1(C)O[C@H]1[C@@H](C)[C@@H]1C[C@@](O)(NC(=O)O1)[C@H](OC)/C=C\[CH-][C@@H](C)C2. The topological polar surface area (TPSA) is 136 Å². The number of carbonyl (C=O) groups excluding carboxylic acids is 3. The average Bonchev–Trinajstić information content (AvgIpc) is 3.66. The van der Waals surface area contributed by atoms with E-state index in [1.165, 1.54) is 19.1 Å². The normalized spacial score (nSPS) is 35.1. The van der Waals surface area contributed by atoms with Gasteiger partial charge in [-0.2, -0.15) is 6.08 Å². The van der Waals surface area contributed by atoms with E-state index in [4.69, 9.17) is 35.3 Å². The number of anilines is 1. The van der Waals surface area contributed by atoms with Gasteiger partial charge in [0.25, 0.3) is 0 Å². The number of epoxide rings is 1. The van der Waals surface area contributed by atoms with E-state index < -0.39 is 59.6 Å². The van der Waals surface area contributed by atoms with E-state index in [0.717, 1.165) is 5.56 Å². The molecular formula is C32H44ClN2O9-. The van der Waals surface area contributed by atoms with E-state index in [1.54, 1.807) is 40.0 Å². The minimum absolute atomic E-state index is 0.0104. The van der Waals surface area contributed by atoms with E-state index in [0.29, 0.717) is 17.9 Å². The maximum Gasteiger partial charge on any atom is 0.409 e. The maximum atomic E-state index is 13.8. The van der Waals surface area contributed by atoms with Gasteiger partial charge in [-0.25, -0.2) is 17.3 Å². The number of allylic oxidation sites excluding steroid dienone is 1. The number of alkyl carbamates (subject to hydrolysis) is 1. The van der Waals surface area contributed by atoms with Crippen LogP contribution < -0.4 is 15.0 Å². The smallest absolute Gasteiger partial charge is 0.409 e. The van der Waals surface area contributed by atoms with Crippen LogP contribution in [0.2, 0.25) is 5.02 Å². The van der Waals surface area contributed by atoms with Crippen LogP contribution >= 0.6 is 11.6 Å². The summed E-state index contributed by atoms with van der Waals surface area (Å²) in [5.41, 5.74) is -1.48. The molecule has 244 valence electrons. The van der Waals surface area contributed by atoms with E-state index in [9.17, 15) is 19.5 Å². The molecule has 2 fully saturated rings. The minimum Gasteiger partial charge on any atom is -0.495 e. The number of nitrogens with zero attached hydrogens (tertiary/aromatic N) is 1. The highest BCUT2D eigenvalue weighted by Crippen LogP contribution is 2.49. The van der Waals surface area contributed by atoms with Gasteiger partial charge in [-0.15, -0.1) is 0 Å². The van der Waals surface area contributed by atoms with Crippen LogP contribution in [0.1, 0.15) is 53.0 Å². The number of hydrogen-bond acceptors (Lipinski definition) is 9. The quantitative estimate of drug-likeness (QED) is 0.283. The molecule has 0 aromatic heterocycles. The zero-order valence-corrected chi connectivity index (χ0v) is 27.3. The molecule has 44 heavy (non-hydrogen) atoms. The Bertz CT molecular complexity index is 1290. The van der Waals surface area contributed by atoms with Crippen LogP contribution in [0.3, 0.4) is 0 Å². The minimum atomic E-state index is -1.76. The molecule has 2 amide bonds. The van der Waals surface area contributed by atoms with Gasteiger partial charge < -0.3 is 33.7 Å². The van der Waals surface area contributed by atoms with E-state index in [2.05, 4.69) is 5.32 Å². The van der Waals surface area contributed by atoms with Gasteiger partial charge in [-0.05, 0) is 31.0 Å². The molecule has 0 saturated carbocycles. The Morgan fingerprint density at radius 1 is 1.23 bits per heavy atom. The van der Waals surface area contributed by atoms with Crippen molar-refractivity contribution in [3.63, 3.8) is 0 Å². The fourth-order valence-electron chi connectivity index (χ4n) is 5.99. The molecule has 11 nitrogen and oxygen atoms in total. The molecule has 3 aliphatic heterocycles. The number of amides is 2. The second kappa shape index (κ2) is 13.2. The summed E-state index contributed by atoms with van der Waals surface area (Å²) in [7, 11) is 4.58. The van der Waals surface area contributed by atoms with Crippen LogP contribution in [-0.2, 0) is 35.0 Å². The van der Waals surface area contributed by atoms with E-state index in [-0.39, 0.29) is 29.7 Å². The monoisotopic (exact) mass is 635 g/mol. The van der Waals surface area contributed by atoms with Gasteiger partial charge in [-0.1, -0.05) is 45.2 Å². The number of halogens is 1. The molecule has 8 atom stereocenters. The van der Waals surface area contributed by atoms with E-state index in [1.807, 2.05) is 32.4 Å². The first-order valence-electron chi connectivity index (χ1n) is 14.9. The highest BCUT2D eigenvalue weighted by molar-refractivity contribution is 6.35. The number of esters is 1. The number of rotatable bonds is 4. The number of benzene rings is 1. The van der Waals surface area contributed by atoms with Crippen molar-refractivity contribution in [2.24, 2.45) is 17.8 Å². The lowest BCUT2D eigenvalue weighted by Crippen LogP contribution is -2.63. The van der Waals surface area contributed by atoms with Crippen molar-refractivity contribution in [2.75, 3.05) is 26.2 Å². The van der Waals surface area contributed by atoms with Crippen LogP contribution in [0.25, 0.3) is 0 Å². The van der Waals surface area contributed by atoms with Crippen LogP contribution in [-0.4, -0.2) is 80.1 Å². The first-order chi connectivity index (χ1) is 20.6. The third kappa shape index (κ3) is 6.96. The fraction of sp³-hybridized carbons (Fsp3) is 0.625. The molecule has 3 aliphatic rings. The van der Waals surface area contributed by atoms with Crippen molar-refractivity contribution in [2.45, 2.75) is 89.6 Å². The number of fused-ring (bicyclic) bond motifs is 5. The summed E-state index contributed by atoms with van der Waals surface area (Å²) in [4.78, 5) is 40.7. The number of nitrogens with one attached hydrogen (secondary N) is 1. The van der Waals surface area contributed by atoms with Crippen molar-refractivity contribution >= 4 is 35.3 Å². The van der Waals surface area contributed by atoms with E-state index >= 15 is 0 Å². The summed E-state index contributed by atoms with van der Waals surface area (Å²) in [5, 5.41) is 14.4. The Morgan fingerprint density at radius 2 is 1.93 bits per heavy atom. The Labute approximate surface area is 264 Å². The Balaban J connectivity index is 1.76. The fourth-order valence-corrected chi connectivity index (χ4v) is 6.30. The zero-order chi connectivity index (χ0) is 32.6. The molecule has 2 N–H and O–H groups in total. The molecule has 12 heteroatoms. The summed E-state index contributed by atoms with van der Waals surface area (Å²) in [6.07, 6.45) is 1.92. The van der Waals surface area contributed by atoms with Gasteiger partial charge in [0.1, 0.15) is 28.6 Å². The molecule has 1 aromatic rings. The number of hydrogen-bond donors (Lipinski definition) is 2. The van der Waals surface area contributed by atoms with Gasteiger partial charge in [0.2, 0.25) is 5.91 Å². The molecule has 0 radical (unpaired) electrons. The van der Waals surface area contributed by atoms with Gasteiger partial charge >= 0.3 is 12.1 Å². The predicted molar refractivity (Wildman–Crippen MR) is 163 cm³/mol. The highest BCUT2D eigenvalue weighted by Gasteiger charge is 2.64. The molecule has 4 bridgehead atoms. The van der Waals surface area contributed by atoms with Crippen molar-refractivity contribution in [3.8, 4) is 5.75 Å². The Morgan fingerprint density at radius 3 is 2.57 bits per heavy atom. The summed E-state index contributed by atoms with van der Waals surface area (Å²) >= 11 is 6.69. The second-order valence-corrected chi connectivity index (χ2v) is 12.9. The molecule has 4 rings (SSSR count). The first kappa shape index (κ1) is 33.9. The summed E-state index contributed by atoms with van der Waals surface area (Å²) < 4.78 is 28.8. The zero-order valence-electron chi connectivity index (χ0n) is 26.6. The third-order valence-corrected chi connectivity index (χ3v) is 9.19. The summed E-state index contributed by atoms with van der Waals surface area (Å²) in [5.74, 6) is -1.24. The van der Waals surface area contributed by atoms with Gasteiger partial charge in [0, 0.05) is 26.5 Å². The Hall–Kier alpha value is -2.99. The first-order valence-corrected chi connectivity index (χ1v) is 15.3. The molecule has 1 aromatic carbocycles. The lowest BCUT2D eigenvalue weighted by Gasteiger charge is -2.43. The molecular weight excluding hydrogens is 592 g/mol. The van der Waals surface area contributed by atoms with Crippen molar-refractivity contribution in [1.29, 1.82) is 0 Å². The standard InChI is InChI=1S/C32H44ClN2O9/c1-17(2)29(37)43-25-15-26(36)35(6)21-13-20(14-22(40-7)27(21)33)12-18(3)10-9-11-24(41-8)32(39)16-23(42-30(38)34-32)19(4)28-31(25,5)44-28/h9-11,13-14,17-19,23-25,28,39H,12,15-16H2,1-8H3,(H,34,38)/q-1/b11-9-/t18-,19+,23+,24-,25+,28+,31+,32+/m1/s1. The number of aliphatic hydroxyl groups is 1. The van der Waals surface area contributed by atoms with Gasteiger partial charge in [0.15, 0.2) is 5.72 Å². The number of methoxy groups -OCH3 is 2. The molecule has 0 unspecified atom stereocenters. The number of carbonyl (C=O) groups is 3. The Kier molecular flexibility index (Phi) is 10.1. The number of ether oxygens (including phenoxy) is 5. The van der Waals surface area contributed by atoms with Crippen LogP contribution in [0.15, 0.2) is 24.3 Å². The van der Waals surface area contributed by atoms with Crippen molar-refractivity contribution in [1.82, 2.24) is 5.32 Å². The average molecular weight is 636 g/mol. The molecule has 0 aliphatic carbocycles. The van der Waals surface area contributed by atoms with Crippen LogP contribution in [0.5, 0.6) is 5.75 Å². The lowest BCUT2D eigenvalue weighted by atomic mass is 9.83. The lowest BCUT2D eigenvalue weighted by molar-refractivity contribution is -0.157. The maximum absolute atomic E-state index is 13.8.